The Balaban J connectivity index is 1.64. The van der Waals surface area contributed by atoms with Crippen molar-refractivity contribution in [2.75, 3.05) is 13.2 Å². The van der Waals surface area contributed by atoms with Crippen LogP contribution in [0.5, 0.6) is 11.5 Å². The maximum Gasteiger partial charge on any atom is 0.282 e. The lowest BCUT2D eigenvalue weighted by Crippen LogP contribution is -1.99. The summed E-state index contributed by atoms with van der Waals surface area (Å²) in [6.07, 6.45) is 3.81. The molecule has 2 aromatic heterocycles. The molecule has 0 bridgehead atoms. The maximum atomic E-state index is 12.5. The number of fused-ring (bicyclic) bond motifs is 2. The van der Waals surface area contributed by atoms with Gasteiger partial charge in [0, 0.05) is 28.9 Å². The summed E-state index contributed by atoms with van der Waals surface area (Å²) in [5, 5.41) is 0.960. The third-order valence-electron chi connectivity index (χ3n) is 3.65. The number of rotatable bonds is 3. The van der Waals surface area contributed by atoms with Gasteiger partial charge in [-0.05, 0) is 24.3 Å². The number of thiophene rings is 1. The molecule has 3 aromatic rings. The van der Waals surface area contributed by atoms with E-state index in [4.69, 9.17) is 9.47 Å². The number of sulfonamides is 1. The fraction of sp³-hybridized carbons (Fsp3) is 0.176. The molecule has 0 fully saturated rings. The van der Waals surface area contributed by atoms with E-state index in [1.165, 1.54) is 29.7 Å². The molecule has 4 rings (SSSR count). The number of aromatic nitrogens is 1. The summed E-state index contributed by atoms with van der Waals surface area (Å²) < 4.78 is 39.8. The molecular weight excluding hydrogens is 360 g/mol. The van der Waals surface area contributed by atoms with Gasteiger partial charge >= 0.3 is 0 Å². The summed E-state index contributed by atoms with van der Waals surface area (Å²) in [6.45, 7) is 1.05. The Bertz CT molecular complexity index is 1020. The van der Waals surface area contributed by atoms with E-state index in [0.717, 1.165) is 21.5 Å². The van der Waals surface area contributed by atoms with Crippen molar-refractivity contribution in [1.82, 2.24) is 4.98 Å². The average molecular weight is 374 g/mol. The summed E-state index contributed by atoms with van der Waals surface area (Å²) >= 11 is 1.39. The minimum Gasteiger partial charge on any atom is -0.490 e. The monoisotopic (exact) mass is 374 g/mol. The fourth-order valence-corrected chi connectivity index (χ4v) is 4.25. The molecule has 0 radical (unpaired) electrons. The van der Waals surface area contributed by atoms with Crippen molar-refractivity contribution in [3.05, 3.63) is 47.5 Å². The van der Waals surface area contributed by atoms with Crippen molar-refractivity contribution in [1.29, 1.82) is 0 Å². The Morgan fingerprint density at radius 1 is 1.12 bits per heavy atom. The first-order valence-corrected chi connectivity index (χ1v) is 9.92. The molecule has 0 N–H and O–H groups in total. The van der Waals surface area contributed by atoms with E-state index in [0.29, 0.717) is 24.7 Å². The van der Waals surface area contributed by atoms with E-state index >= 15 is 0 Å². The second kappa shape index (κ2) is 6.45. The van der Waals surface area contributed by atoms with Gasteiger partial charge in [-0.2, -0.15) is 12.8 Å². The van der Waals surface area contributed by atoms with Crippen molar-refractivity contribution in [3.63, 3.8) is 0 Å². The van der Waals surface area contributed by atoms with Crippen molar-refractivity contribution < 1.29 is 17.9 Å². The van der Waals surface area contributed by atoms with E-state index in [9.17, 15) is 8.42 Å². The highest BCUT2D eigenvalue weighted by Gasteiger charge is 2.17. The molecule has 1 aliphatic heterocycles. The van der Waals surface area contributed by atoms with E-state index in [1.807, 2.05) is 18.2 Å². The number of benzene rings is 1. The molecule has 0 saturated heterocycles. The predicted molar refractivity (Wildman–Crippen MR) is 96.4 cm³/mol. The van der Waals surface area contributed by atoms with Crippen molar-refractivity contribution >= 4 is 37.8 Å². The van der Waals surface area contributed by atoms with E-state index in [1.54, 1.807) is 12.3 Å². The lowest BCUT2D eigenvalue weighted by molar-refractivity contribution is 0.297. The summed E-state index contributed by atoms with van der Waals surface area (Å²) in [4.78, 5) is 5.89. The van der Waals surface area contributed by atoms with Crippen LogP contribution >= 0.6 is 11.3 Å². The third kappa shape index (κ3) is 3.35. The average Bonchev–Trinajstić information content (AvgIpc) is 2.89. The van der Waals surface area contributed by atoms with Crippen molar-refractivity contribution in [3.8, 4) is 11.5 Å². The van der Waals surface area contributed by atoms with Crippen LogP contribution in [0.1, 0.15) is 11.3 Å². The Kier molecular flexibility index (Phi) is 4.14. The number of hydrogen-bond donors (Lipinski definition) is 0. The SMILES string of the molecule is O=S(=O)(/N=C\c1cc2cccnc2s1)c1ccc2c(c1)OCCCO2. The molecule has 1 aliphatic rings. The largest absolute Gasteiger partial charge is 0.490 e. The van der Waals surface area contributed by atoms with Crippen LogP contribution in [0.2, 0.25) is 0 Å². The smallest absolute Gasteiger partial charge is 0.282 e. The molecule has 0 amide bonds. The van der Waals surface area contributed by atoms with Crippen LogP contribution < -0.4 is 9.47 Å². The fourth-order valence-electron chi connectivity index (χ4n) is 2.44. The third-order valence-corrected chi connectivity index (χ3v) is 5.87. The zero-order chi connectivity index (χ0) is 17.3. The van der Waals surface area contributed by atoms with Gasteiger partial charge in [-0.3, -0.25) is 0 Å². The summed E-state index contributed by atoms with van der Waals surface area (Å²) in [7, 11) is -3.82. The zero-order valence-corrected chi connectivity index (χ0v) is 14.7. The van der Waals surface area contributed by atoms with E-state index in [-0.39, 0.29) is 4.90 Å². The molecular formula is C17H14N2O4S2. The van der Waals surface area contributed by atoms with Crippen LogP contribution in [-0.4, -0.2) is 32.8 Å². The van der Waals surface area contributed by atoms with Crippen LogP contribution in [0.3, 0.4) is 0 Å². The highest BCUT2D eigenvalue weighted by Crippen LogP contribution is 2.32. The van der Waals surface area contributed by atoms with Crippen LogP contribution in [0.15, 0.2) is 51.9 Å². The van der Waals surface area contributed by atoms with Gasteiger partial charge < -0.3 is 9.47 Å². The number of pyridine rings is 1. The van der Waals surface area contributed by atoms with Gasteiger partial charge in [0.25, 0.3) is 10.0 Å². The van der Waals surface area contributed by atoms with Crippen LogP contribution in [-0.2, 0) is 10.0 Å². The second-order valence-corrected chi connectivity index (χ2v) is 8.11. The van der Waals surface area contributed by atoms with Crippen molar-refractivity contribution in [2.45, 2.75) is 11.3 Å². The first-order chi connectivity index (χ1) is 12.1. The summed E-state index contributed by atoms with van der Waals surface area (Å²) in [6, 6.07) is 10.2. The van der Waals surface area contributed by atoms with Gasteiger partial charge in [0.2, 0.25) is 0 Å². The molecule has 0 saturated carbocycles. The van der Waals surface area contributed by atoms with Gasteiger partial charge in [0.15, 0.2) is 11.5 Å². The van der Waals surface area contributed by atoms with Crippen LogP contribution in [0.25, 0.3) is 10.2 Å². The first kappa shape index (κ1) is 16.0. The lowest BCUT2D eigenvalue weighted by Gasteiger charge is -2.08. The van der Waals surface area contributed by atoms with E-state index in [2.05, 4.69) is 9.38 Å². The molecule has 0 unspecified atom stereocenters. The molecule has 128 valence electrons. The zero-order valence-electron chi connectivity index (χ0n) is 13.1. The quantitative estimate of drug-likeness (QED) is 0.658. The second-order valence-electron chi connectivity index (χ2n) is 5.42. The molecule has 1 aromatic carbocycles. The van der Waals surface area contributed by atoms with Gasteiger partial charge in [0.1, 0.15) is 4.83 Å². The Morgan fingerprint density at radius 3 is 2.80 bits per heavy atom. The molecule has 0 atom stereocenters. The Hall–Kier alpha value is -2.45. The Morgan fingerprint density at radius 2 is 1.96 bits per heavy atom. The molecule has 3 heterocycles. The predicted octanol–water partition coefficient (Wildman–Crippen LogP) is 3.27. The van der Waals surface area contributed by atoms with E-state index < -0.39 is 10.0 Å². The number of nitrogens with zero attached hydrogens (tertiary/aromatic N) is 2. The number of hydrogen-bond acceptors (Lipinski definition) is 6. The topological polar surface area (TPSA) is 77.9 Å². The lowest BCUT2D eigenvalue weighted by atomic mass is 10.3. The van der Waals surface area contributed by atoms with Crippen molar-refractivity contribution in [2.24, 2.45) is 4.40 Å². The molecule has 8 heteroatoms. The summed E-state index contributed by atoms with van der Waals surface area (Å²) in [5.41, 5.74) is 0. The highest BCUT2D eigenvalue weighted by atomic mass is 32.2. The van der Waals surface area contributed by atoms with Gasteiger partial charge in [0.05, 0.1) is 24.3 Å². The highest BCUT2D eigenvalue weighted by molar-refractivity contribution is 7.90. The molecule has 0 spiro atoms. The Labute approximate surface area is 148 Å². The van der Waals surface area contributed by atoms with Gasteiger partial charge in [-0.15, -0.1) is 11.3 Å². The van der Waals surface area contributed by atoms with Crippen LogP contribution in [0.4, 0.5) is 0 Å². The maximum absolute atomic E-state index is 12.5. The summed E-state index contributed by atoms with van der Waals surface area (Å²) in [5.74, 6) is 0.982. The first-order valence-electron chi connectivity index (χ1n) is 7.66. The standard InChI is InChI=1S/C17H14N2O4S2/c20-25(21,14-4-5-15-16(10-14)23-8-2-7-22-15)19-11-13-9-12-3-1-6-18-17(12)24-13/h1,3-6,9-11H,2,7-8H2/b19-11-. The van der Waals surface area contributed by atoms with Crippen LogP contribution in [0, 0.1) is 0 Å². The molecule has 25 heavy (non-hydrogen) atoms. The molecule has 0 aliphatic carbocycles. The minimum atomic E-state index is -3.82. The number of ether oxygens (including phenoxy) is 2. The van der Waals surface area contributed by atoms with Gasteiger partial charge in [-0.1, -0.05) is 6.07 Å². The minimum absolute atomic E-state index is 0.0761. The molecule has 6 nitrogen and oxygen atoms in total. The normalized spacial score (nSPS) is 14.7. The van der Waals surface area contributed by atoms with Gasteiger partial charge in [-0.25, -0.2) is 4.98 Å².